The number of ether oxygens (including phenoxy) is 1. The first kappa shape index (κ1) is 11.5. The number of aromatic nitrogens is 1. The van der Waals surface area contributed by atoms with Crippen molar-refractivity contribution in [3.8, 4) is 6.07 Å². The number of halogens is 2. The Morgan fingerprint density at radius 1 is 1.73 bits per heavy atom. The molecule has 0 spiro atoms. The van der Waals surface area contributed by atoms with E-state index in [0.29, 0.717) is 6.61 Å². The minimum Gasteiger partial charge on any atom is -0.501 e. The van der Waals surface area contributed by atoms with Crippen molar-refractivity contribution in [2.24, 2.45) is 0 Å². The van der Waals surface area contributed by atoms with Crippen LogP contribution in [0.4, 0.5) is 4.39 Å². The fourth-order valence-corrected chi connectivity index (χ4v) is 1.07. The first-order valence-corrected chi connectivity index (χ1v) is 4.61. The molecule has 0 radical (unpaired) electrons. The molecular weight excluding hydrogens is 219 g/mol. The second-order valence-corrected chi connectivity index (χ2v) is 2.92. The molecule has 0 aliphatic carbocycles. The molecule has 0 amide bonds. The lowest BCUT2D eigenvalue weighted by atomic mass is 10.2. The molecule has 0 aromatic carbocycles. The van der Waals surface area contributed by atoms with Crippen molar-refractivity contribution in [2.75, 3.05) is 6.61 Å². The van der Waals surface area contributed by atoms with E-state index in [0.717, 1.165) is 6.07 Å². The standard InChI is InChI=1S/C10H8ClFN2O/c1-2-15-4-3-9-8(12)5-7(6-13)10(11)14-9/h3-5H,2H2,1H3/b4-3+. The molecule has 15 heavy (non-hydrogen) atoms. The zero-order chi connectivity index (χ0) is 11.3. The molecule has 3 nitrogen and oxygen atoms in total. The summed E-state index contributed by atoms with van der Waals surface area (Å²) in [5.41, 5.74) is 0.0650. The highest BCUT2D eigenvalue weighted by atomic mass is 35.5. The van der Waals surface area contributed by atoms with Crippen molar-refractivity contribution in [2.45, 2.75) is 6.92 Å². The predicted octanol–water partition coefficient (Wildman–Crippen LogP) is 2.75. The maximum absolute atomic E-state index is 13.3. The van der Waals surface area contributed by atoms with Gasteiger partial charge in [-0.3, -0.25) is 0 Å². The van der Waals surface area contributed by atoms with Gasteiger partial charge in [-0.25, -0.2) is 9.37 Å². The quantitative estimate of drug-likeness (QED) is 0.588. The monoisotopic (exact) mass is 226 g/mol. The van der Waals surface area contributed by atoms with Gasteiger partial charge in [0.2, 0.25) is 0 Å². The van der Waals surface area contributed by atoms with Crippen LogP contribution in [0.5, 0.6) is 0 Å². The third-order valence-corrected chi connectivity index (χ3v) is 1.85. The highest BCUT2D eigenvalue weighted by Crippen LogP contribution is 2.16. The summed E-state index contributed by atoms with van der Waals surface area (Å²) in [7, 11) is 0. The van der Waals surface area contributed by atoms with Crippen molar-refractivity contribution in [1.29, 1.82) is 5.26 Å². The molecule has 1 heterocycles. The van der Waals surface area contributed by atoms with Crippen LogP contribution in [0.2, 0.25) is 5.15 Å². The van der Waals surface area contributed by atoms with Crippen LogP contribution in [-0.2, 0) is 4.74 Å². The van der Waals surface area contributed by atoms with Gasteiger partial charge in [0.1, 0.15) is 22.7 Å². The topological polar surface area (TPSA) is 45.9 Å². The summed E-state index contributed by atoms with van der Waals surface area (Å²) < 4.78 is 18.2. The van der Waals surface area contributed by atoms with Gasteiger partial charge in [-0.1, -0.05) is 11.6 Å². The Morgan fingerprint density at radius 3 is 3.07 bits per heavy atom. The third-order valence-electron chi connectivity index (χ3n) is 1.57. The second-order valence-electron chi connectivity index (χ2n) is 2.56. The maximum atomic E-state index is 13.3. The van der Waals surface area contributed by atoms with Gasteiger partial charge in [0, 0.05) is 6.08 Å². The van der Waals surface area contributed by atoms with Crippen LogP contribution in [0, 0.1) is 17.1 Å². The van der Waals surface area contributed by atoms with Crippen LogP contribution in [0.1, 0.15) is 18.2 Å². The van der Waals surface area contributed by atoms with Crippen LogP contribution >= 0.6 is 11.6 Å². The Bertz CT molecular complexity index is 426. The smallest absolute Gasteiger partial charge is 0.150 e. The number of nitrogens with zero attached hydrogens (tertiary/aromatic N) is 2. The first-order valence-electron chi connectivity index (χ1n) is 4.23. The van der Waals surface area contributed by atoms with E-state index < -0.39 is 5.82 Å². The van der Waals surface area contributed by atoms with Crippen LogP contribution in [0.25, 0.3) is 6.08 Å². The summed E-state index contributed by atoms with van der Waals surface area (Å²) in [6.45, 7) is 2.29. The molecule has 0 saturated carbocycles. The van der Waals surface area contributed by atoms with Gasteiger partial charge in [0.25, 0.3) is 0 Å². The zero-order valence-electron chi connectivity index (χ0n) is 8.00. The molecule has 0 fully saturated rings. The lowest BCUT2D eigenvalue weighted by Crippen LogP contribution is -1.92. The Morgan fingerprint density at radius 2 is 2.47 bits per heavy atom. The van der Waals surface area contributed by atoms with Crippen LogP contribution in [0.3, 0.4) is 0 Å². The number of hydrogen-bond donors (Lipinski definition) is 0. The highest BCUT2D eigenvalue weighted by molar-refractivity contribution is 6.30. The van der Waals surface area contributed by atoms with Crippen molar-refractivity contribution < 1.29 is 9.13 Å². The molecular formula is C10H8ClFN2O. The number of rotatable bonds is 3. The van der Waals surface area contributed by atoms with E-state index in [1.165, 1.54) is 12.3 Å². The number of hydrogen-bond acceptors (Lipinski definition) is 3. The summed E-state index contributed by atoms with van der Waals surface area (Å²) in [5, 5.41) is 8.55. The molecule has 0 saturated heterocycles. The highest BCUT2D eigenvalue weighted by Gasteiger charge is 2.07. The average molecular weight is 227 g/mol. The normalized spacial score (nSPS) is 10.3. The van der Waals surface area contributed by atoms with E-state index in [4.69, 9.17) is 21.6 Å². The van der Waals surface area contributed by atoms with E-state index in [1.54, 1.807) is 13.0 Å². The van der Waals surface area contributed by atoms with Crippen molar-refractivity contribution in [1.82, 2.24) is 4.98 Å². The Kier molecular flexibility index (Phi) is 4.07. The van der Waals surface area contributed by atoms with Gasteiger partial charge in [0.15, 0.2) is 0 Å². The molecule has 0 N–H and O–H groups in total. The van der Waals surface area contributed by atoms with Crippen molar-refractivity contribution >= 4 is 17.7 Å². The summed E-state index contributed by atoms with van der Waals surface area (Å²) >= 11 is 5.64. The minimum atomic E-state index is -0.605. The van der Waals surface area contributed by atoms with E-state index in [2.05, 4.69) is 4.98 Å². The van der Waals surface area contributed by atoms with Crippen molar-refractivity contribution in [3.63, 3.8) is 0 Å². The third kappa shape index (κ3) is 2.93. The molecule has 0 atom stereocenters. The average Bonchev–Trinajstić information content (AvgIpc) is 2.23. The molecule has 0 bridgehead atoms. The molecule has 0 aliphatic heterocycles. The Balaban J connectivity index is 3.01. The SMILES string of the molecule is CCO/C=C/c1nc(Cl)c(C#N)cc1F. The van der Waals surface area contributed by atoms with E-state index >= 15 is 0 Å². The summed E-state index contributed by atoms with van der Waals surface area (Å²) in [6.07, 6.45) is 2.68. The number of pyridine rings is 1. The fraction of sp³-hybridized carbons (Fsp3) is 0.200. The van der Waals surface area contributed by atoms with Crippen LogP contribution < -0.4 is 0 Å². The molecule has 0 unspecified atom stereocenters. The molecule has 78 valence electrons. The Labute approximate surface area is 91.8 Å². The second kappa shape index (κ2) is 5.32. The van der Waals surface area contributed by atoms with Gasteiger partial charge < -0.3 is 4.74 Å². The van der Waals surface area contributed by atoms with E-state index in [1.807, 2.05) is 0 Å². The maximum Gasteiger partial charge on any atom is 0.150 e. The first-order chi connectivity index (χ1) is 7.19. The van der Waals surface area contributed by atoms with Gasteiger partial charge >= 0.3 is 0 Å². The largest absolute Gasteiger partial charge is 0.501 e. The lowest BCUT2D eigenvalue weighted by Gasteiger charge is -1.99. The molecule has 1 aromatic rings. The minimum absolute atomic E-state index is 0.0164. The fourth-order valence-electron chi connectivity index (χ4n) is 0.884. The van der Waals surface area contributed by atoms with Crippen molar-refractivity contribution in [3.05, 3.63) is 34.6 Å². The summed E-state index contributed by atoms with van der Waals surface area (Å²) in [6, 6.07) is 2.78. The van der Waals surface area contributed by atoms with Gasteiger partial charge in [-0.05, 0) is 13.0 Å². The molecule has 1 aromatic heterocycles. The summed E-state index contributed by atoms with van der Waals surface area (Å²) in [4.78, 5) is 3.72. The van der Waals surface area contributed by atoms with Crippen LogP contribution in [-0.4, -0.2) is 11.6 Å². The van der Waals surface area contributed by atoms with E-state index in [9.17, 15) is 4.39 Å². The molecule has 0 aliphatic rings. The summed E-state index contributed by atoms with van der Waals surface area (Å²) in [5.74, 6) is -0.605. The van der Waals surface area contributed by atoms with Crippen LogP contribution in [0.15, 0.2) is 12.3 Å². The molecule has 1 rings (SSSR count). The molecule has 5 heteroatoms. The van der Waals surface area contributed by atoms with Gasteiger partial charge in [0.05, 0.1) is 18.4 Å². The number of nitriles is 1. The zero-order valence-corrected chi connectivity index (χ0v) is 8.75. The van der Waals surface area contributed by atoms with Gasteiger partial charge in [-0.2, -0.15) is 5.26 Å². The Hall–Kier alpha value is -1.60. The predicted molar refractivity (Wildman–Crippen MR) is 54.6 cm³/mol. The van der Waals surface area contributed by atoms with E-state index in [-0.39, 0.29) is 16.4 Å². The van der Waals surface area contributed by atoms with Gasteiger partial charge in [-0.15, -0.1) is 0 Å². The lowest BCUT2D eigenvalue weighted by molar-refractivity contribution is 0.272.